The summed E-state index contributed by atoms with van der Waals surface area (Å²) in [7, 11) is 0. The molecule has 98 valence electrons. The van der Waals surface area contributed by atoms with Gasteiger partial charge in [0.1, 0.15) is 0 Å². The minimum Gasteiger partial charge on any atom is -0.356 e. The van der Waals surface area contributed by atoms with Crippen LogP contribution in [0.2, 0.25) is 0 Å². The second-order valence-electron chi connectivity index (χ2n) is 4.66. The van der Waals surface area contributed by atoms with Gasteiger partial charge in [-0.2, -0.15) is 5.10 Å². The van der Waals surface area contributed by atoms with Crippen molar-refractivity contribution in [1.29, 1.82) is 0 Å². The summed E-state index contributed by atoms with van der Waals surface area (Å²) in [6.45, 7) is -1.22. The van der Waals surface area contributed by atoms with Gasteiger partial charge in [0.05, 0.1) is 11.7 Å². The number of fused-ring (bicyclic) bond motifs is 1. The zero-order valence-corrected chi connectivity index (χ0v) is 10.7. The lowest BCUT2D eigenvalue weighted by Gasteiger charge is -2.23. The van der Waals surface area contributed by atoms with Crippen molar-refractivity contribution >= 4 is 10.9 Å². The van der Waals surface area contributed by atoms with Crippen molar-refractivity contribution in [1.82, 2.24) is 9.78 Å². The van der Waals surface area contributed by atoms with E-state index in [1.807, 2.05) is 29.1 Å². The fraction of sp³-hybridized carbons (Fsp3) is 0.438. The van der Waals surface area contributed by atoms with E-state index in [0.717, 1.165) is 42.3 Å². The lowest BCUT2D eigenvalue weighted by Crippen LogP contribution is -2.18. The van der Waals surface area contributed by atoms with E-state index in [2.05, 4.69) is 16.9 Å². The van der Waals surface area contributed by atoms with Gasteiger partial charge in [-0.15, -0.1) is 0 Å². The van der Waals surface area contributed by atoms with Crippen LogP contribution in [0.3, 0.4) is 0 Å². The van der Waals surface area contributed by atoms with Crippen molar-refractivity contribution in [3.63, 3.8) is 0 Å². The van der Waals surface area contributed by atoms with Crippen LogP contribution in [0, 0.1) is 11.8 Å². The Kier molecular flexibility index (Phi) is 2.63. The number of hydrogen-bond donors (Lipinski definition) is 0. The van der Waals surface area contributed by atoms with Crippen LogP contribution in [-0.2, 0) is 4.74 Å². The van der Waals surface area contributed by atoms with Gasteiger partial charge < -0.3 is 4.74 Å². The summed E-state index contributed by atoms with van der Waals surface area (Å²) in [6.07, 6.45) is 4.97. The molecule has 2 heterocycles. The molecule has 0 amide bonds. The SMILES string of the molecule is [2H]C([2H])([2H])CC#Cc1ccc2c(cnn2C2CCCCO2)c1. The van der Waals surface area contributed by atoms with Gasteiger partial charge >= 0.3 is 0 Å². The first kappa shape index (κ1) is 9.17. The summed E-state index contributed by atoms with van der Waals surface area (Å²) < 4.78 is 29.1. The third-order valence-electron chi connectivity index (χ3n) is 3.35. The summed E-state index contributed by atoms with van der Waals surface area (Å²) in [5.41, 5.74) is 1.83. The van der Waals surface area contributed by atoms with Crippen LogP contribution in [0.15, 0.2) is 24.4 Å². The summed E-state index contributed by atoms with van der Waals surface area (Å²) in [5, 5.41) is 5.43. The molecule has 0 N–H and O–H groups in total. The Balaban J connectivity index is 1.83. The molecule has 1 aromatic carbocycles. The quantitative estimate of drug-likeness (QED) is 0.731. The predicted molar refractivity (Wildman–Crippen MR) is 75.7 cm³/mol. The lowest BCUT2D eigenvalue weighted by atomic mass is 10.1. The monoisotopic (exact) mass is 257 g/mol. The van der Waals surface area contributed by atoms with Gasteiger partial charge in [0.15, 0.2) is 6.23 Å². The average Bonchev–Trinajstić information content (AvgIpc) is 2.90. The molecule has 0 spiro atoms. The Hall–Kier alpha value is -1.79. The van der Waals surface area contributed by atoms with Gasteiger partial charge in [0.2, 0.25) is 0 Å². The molecule has 0 aliphatic carbocycles. The molecule has 0 radical (unpaired) electrons. The summed E-state index contributed by atoms with van der Waals surface area (Å²) >= 11 is 0. The standard InChI is InChI=1S/C16H18N2O/c1-2-3-6-13-8-9-15-14(11-13)12-17-18(15)16-7-4-5-10-19-16/h8-9,11-12,16H,2,4-5,7,10H2,1H3/i1D3. The lowest BCUT2D eigenvalue weighted by molar-refractivity contribution is -0.0366. The van der Waals surface area contributed by atoms with Gasteiger partial charge in [-0.1, -0.05) is 18.7 Å². The normalized spacial score (nSPS) is 22.1. The Bertz CT molecular complexity index is 718. The van der Waals surface area contributed by atoms with Crippen LogP contribution in [0.25, 0.3) is 10.9 Å². The zero-order chi connectivity index (χ0) is 15.6. The number of benzene rings is 1. The zero-order valence-electron chi connectivity index (χ0n) is 13.7. The highest BCUT2D eigenvalue weighted by Gasteiger charge is 2.18. The molecule has 2 aromatic rings. The number of nitrogens with zero attached hydrogens (tertiary/aromatic N) is 2. The highest BCUT2D eigenvalue weighted by Crippen LogP contribution is 2.26. The molecule has 0 bridgehead atoms. The number of ether oxygens (including phenoxy) is 1. The van der Waals surface area contributed by atoms with E-state index in [4.69, 9.17) is 8.85 Å². The highest BCUT2D eigenvalue weighted by molar-refractivity contribution is 5.80. The Morgan fingerprint density at radius 3 is 3.37 bits per heavy atom. The largest absolute Gasteiger partial charge is 0.356 e. The average molecular weight is 257 g/mol. The van der Waals surface area contributed by atoms with Crippen molar-refractivity contribution in [2.75, 3.05) is 6.61 Å². The van der Waals surface area contributed by atoms with E-state index in [0.29, 0.717) is 0 Å². The first-order valence-electron chi connectivity index (χ1n) is 8.11. The molecule has 3 nitrogen and oxygen atoms in total. The van der Waals surface area contributed by atoms with Crippen LogP contribution in [0.1, 0.15) is 48.4 Å². The molecule has 1 saturated heterocycles. The molecule has 1 fully saturated rings. The van der Waals surface area contributed by atoms with E-state index < -0.39 is 6.85 Å². The third kappa shape index (κ3) is 2.50. The molecule has 1 aliphatic heterocycles. The van der Waals surface area contributed by atoms with E-state index in [9.17, 15) is 0 Å². The maximum absolute atomic E-state index is 7.15. The van der Waals surface area contributed by atoms with Crippen molar-refractivity contribution in [2.45, 2.75) is 38.8 Å². The number of aromatic nitrogens is 2. The van der Waals surface area contributed by atoms with Crippen molar-refractivity contribution in [3.8, 4) is 11.8 Å². The maximum Gasteiger partial charge on any atom is 0.150 e. The summed E-state index contributed by atoms with van der Waals surface area (Å²) in [6, 6.07) is 5.81. The highest BCUT2D eigenvalue weighted by atomic mass is 16.5. The maximum atomic E-state index is 7.15. The van der Waals surface area contributed by atoms with Gasteiger partial charge in [0, 0.05) is 28.1 Å². The van der Waals surface area contributed by atoms with Crippen LogP contribution in [0.5, 0.6) is 0 Å². The van der Waals surface area contributed by atoms with Gasteiger partial charge in [-0.05, 0) is 37.5 Å². The first-order valence-corrected chi connectivity index (χ1v) is 6.61. The van der Waals surface area contributed by atoms with E-state index >= 15 is 0 Å². The molecule has 0 saturated carbocycles. The smallest absolute Gasteiger partial charge is 0.150 e. The molecular formula is C16H18N2O. The Morgan fingerprint density at radius 1 is 1.53 bits per heavy atom. The minimum atomic E-state index is -2.00. The molecule has 3 rings (SSSR count). The molecule has 1 atom stereocenters. The van der Waals surface area contributed by atoms with Crippen molar-refractivity contribution in [3.05, 3.63) is 30.0 Å². The van der Waals surface area contributed by atoms with E-state index in [1.54, 1.807) is 0 Å². The van der Waals surface area contributed by atoms with Crippen molar-refractivity contribution < 1.29 is 8.85 Å². The molecule has 1 aliphatic rings. The van der Waals surface area contributed by atoms with E-state index in [1.165, 1.54) is 0 Å². The van der Waals surface area contributed by atoms with Crippen LogP contribution < -0.4 is 0 Å². The molecule has 1 aromatic heterocycles. The fourth-order valence-electron chi connectivity index (χ4n) is 2.42. The molecule has 19 heavy (non-hydrogen) atoms. The van der Waals surface area contributed by atoms with Gasteiger partial charge in [-0.3, -0.25) is 0 Å². The predicted octanol–water partition coefficient (Wildman–Crippen LogP) is 3.50. The Labute approximate surface area is 117 Å². The van der Waals surface area contributed by atoms with Gasteiger partial charge in [0.25, 0.3) is 0 Å². The number of hydrogen-bond acceptors (Lipinski definition) is 2. The van der Waals surface area contributed by atoms with Crippen molar-refractivity contribution in [2.24, 2.45) is 0 Å². The topological polar surface area (TPSA) is 27.1 Å². The molecule has 3 heteroatoms. The van der Waals surface area contributed by atoms with E-state index in [-0.39, 0.29) is 12.6 Å². The van der Waals surface area contributed by atoms with Gasteiger partial charge in [-0.25, -0.2) is 4.68 Å². The second kappa shape index (κ2) is 5.46. The third-order valence-corrected chi connectivity index (χ3v) is 3.35. The second-order valence-corrected chi connectivity index (χ2v) is 4.66. The Morgan fingerprint density at radius 2 is 2.53 bits per heavy atom. The minimum absolute atomic E-state index is 0.0127. The fourth-order valence-corrected chi connectivity index (χ4v) is 2.42. The molecule has 1 unspecified atom stereocenters. The summed E-state index contributed by atoms with van der Waals surface area (Å²) in [4.78, 5) is 0. The number of rotatable bonds is 1. The van der Waals surface area contributed by atoms with Crippen LogP contribution in [0.4, 0.5) is 0 Å². The molecular weight excluding hydrogens is 236 g/mol. The van der Waals surface area contributed by atoms with Crippen LogP contribution in [-0.4, -0.2) is 16.4 Å². The summed E-state index contributed by atoms with van der Waals surface area (Å²) in [5.74, 6) is 5.62. The first-order chi connectivity index (χ1) is 10.5. The van der Waals surface area contributed by atoms with Crippen LogP contribution >= 0.6 is 0 Å².